The maximum Gasteiger partial charge on any atom is 0.348 e. The zero-order valence-corrected chi connectivity index (χ0v) is 15.0. The van der Waals surface area contributed by atoms with Crippen LogP contribution in [0.4, 0.5) is 5.69 Å². The Morgan fingerprint density at radius 2 is 1.82 bits per heavy atom. The Morgan fingerprint density at radius 3 is 2.50 bits per heavy atom. The second-order valence-electron chi connectivity index (χ2n) is 6.27. The van der Waals surface area contributed by atoms with Gasteiger partial charge in [-0.3, -0.25) is 9.59 Å². The highest BCUT2D eigenvalue weighted by molar-refractivity contribution is 5.98. The first-order valence-corrected chi connectivity index (χ1v) is 8.55. The third-order valence-electron chi connectivity index (χ3n) is 4.25. The minimum atomic E-state index is -1.11. The van der Waals surface area contributed by atoms with Crippen molar-refractivity contribution >= 4 is 29.4 Å². The molecule has 0 aromatic heterocycles. The molecule has 0 saturated carbocycles. The normalized spacial score (nSPS) is 16.3. The third-order valence-corrected chi connectivity index (χ3v) is 4.25. The van der Waals surface area contributed by atoms with E-state index >= 15 is 0 Å². The predicted molar refractivity (Wildman–Crippen MR) is 98.5 cm³/mol. The van der Waals surface area contributed by atoms with Gasteiger partial charge in [-0.1, -0.05) is 18.2 Å². The molecular formula is C20H18N2O6. The van der Waals surface area contributed by atoms with Crippen molar-refractivity contribution in [3.63, 3.8) is 0 Å². The predicted octanol–water partition coefficient (Wildman–Crippen LogP) is 1.44. The highest BCUT2D eigenvalue weighted by atomic mass is 16.6. The molecule has 0 radical (unpaired) electrons. The van der Waals surface area contributed by atoms with E-state index in [0.717, 1.165) is 0 Å². The maximum atomic E-state index is 12.3. The lowest BCUT2D eigenvalue weighted by molar-refractivity contribution is -0.162. The summed E-state index contributed by atoms with van der Waals surface area (Å²) in [5.74, 6) is -2.54. The van der Waals surface area contributed by atoms with Crippen LogP contribution in [0.15, 0.2) is 48.5 Å². The van der Waals surface area contributed by atoms with Gasteiger partial charge in [-0.2, -0.15) is 0 Å². The fraction of sp³-hybridized carbons (Fsp3) is 0.200. The zero-order valence-electron chi connectivity index (χ0n) is 15.0. The summed E-state index contributed by atoms with van der Waals surface area (Å²) in [5, 5.41) is 2.56. The highest BCUT2D eigenvalue weighted by Crippen LogP contribution is 2.21. The molecule has 8 nitrogen and oxygen atoms in total. The van der Waals surface area contributed by atoms with Gasteiger partial charge in [0, 0.05) is 17.7 Å². The number of nitrogens with two attached hydrogens (primary N) is 1. The number of hydrogen-bond donors (Lipinski definition) is 2. The molecule has 2 aromatic carbocycles. The lowest BCUT2D eigenvalue weighted by Gasteiger charge is -2.24. The number of cyclic esters (lactones) is 1. The van der Waals surface area contributed by atoms with Crippen LogP contribution >= 0.6 is 0 Å². The average Bonchev–Trinajstić information content (AvgIpc) is 2.68. The van der Waals surface area contributed by atoms with Gasteiger partial charge in [-0.15, -0.1) is 0 Å². The van der Waals surface area contributed by atoms with Crippen molar-refractivity contribution in [2.24, 2.45) is 5.73 Å². The van der Waals surface area contributed by atoms with Crippen molar-refractivity contribution in [2.45, 2.75) is 25.6 Å². The molecule has 8 heteroatoms. The van der Waals surface area contributed by atoms with Crippen molar-refractivity contribution in [2.75, 3.05) is 5.32 Å². The van der Waals surface area contributed by atoms with Gasteiger partial charge in [-0.25, -0.2) is 9.59 Å². The number of amides is 2. The van der Waals surface area contributed by atoms with E-state index in [0.29, 0.717) is 22.4 Å². The number of primary amides is 1. The summed E-state index contributed by atoms with van der Waals surface area (Å²) in [6.45, 7) is 1.41. The molecule has 1 heterocycles. The van der Waals surface area contributed by atoms with Crippen LogP contribution in [0, 0.1) is 0 Å². The number of hydrogen-bond acceptors (Lipinski definition) is 6. The summed E-state index contributed by atoms with van der Waals surface area (Å²) < 4.78 is 10.3. The van der Waals surface area contributed by atoms with Crippen molar-refractivity contribution in [1.82, 2.24) is 0 Å². The number of esters is 2. The van der Waals surface area contributed by atoms with Crippen LogP contribution in [0.5, 0.6) is 0 Å². The molecule has 0 bridgehead atoms. The Balaban J connectivity index is 1.58. The summed E-state index contributed by atoms with van der Waals surface area (Å²) in [6.07, 6.45) is -2.03. The summed E-state index contributed by atoms with van der Waals surface area (Å²) in [7, 11) is 0. The smallest absolute Gasteiger partial charge is 0.348 e. The van der Waals surface area contributed by atoms with Gasteiger partial charge in [0.05, 0.1) is 5.56 Å². The minimum absolute atomic E-state index is 0.184. The quantitative estimate of drug-likeness (QED) is 0.754. The molecule has 3 rings (SSSR count). The van der Waals surface area contributed by atoms with Crippen LogP contribution in [0.25, 0.3) is 0 Å². The first kappa shape index (κ1) is 19.1. The monoisotopic (exact) mass is 382 g/mol. The Hall–Kier alpha value is -3.68. The second-order valence-corrected chi connectivity index (χ2v) is 6.27. The van der Waals surface area contributed by atoms with Crippen LogP contribution in [0.3, 0.4) is 0 Å². The van der Waals surface area contributed by atoms with E-state index < -0.39 is 36.0 Å². The largest absolute Gasteiger partial charge is 0.450 e. The number of carbonyl (C=O) groups is 4. The van der Waals surface area contributed by atoms with E-state index in [4.69, 9.17) is 15.2 Å². The molecule has 2 atom stereocenters. The average molecular weight is 382 g/mol. The van der Waals surface area contributed by atoms with E-state index in [1.807, 2.05) is 0 Å². The molecule has 1 aliphatic rings. The lowest BCUT2D eigenvalue weighted by atomic mass is 9.99. The fourth-order valence-corrected chi connectivity index (χ4v) is 2.73. The van der Waals surface area contributed by atoms with E-state index in [1.54, 1.807) is 24.3 Å². The van der Waals surface area contributed by atoms with Gasteiger partial charge in [0.1, 0.15) is 0 Å². The van der Waals surface area contributed by atoms with E-state index in [1.165, 1.54) is 31.2 Å². The number of rotatable bonds is 5. The van der Waals surface area contributed by atoms with Crippen LogP contribution in [-0.2, 0) is 25.5 Å². The summed E-state index contributed by atoms with van der Waals surface area (Å²) in [6, 6.07) is 12.8. The number of benzene rings is 2. The maximum absolute atomic E-state index is 12.3. The van der Waals surface area contributed by atoms with Crippen LogP contribution in [0.2, 0.25) is 0 Å². The lowest BCUT2D eigenvalue weighted by Crippen LogP contribution is -2.39. The molecule has 28 heavy (non-hydrogen) atoms. The number of ether oxygens (including phenoxy) is 2. The number of carbonyl (C=O) groups excluding carboxylic acids is 4. The number of anilines is 1. The van der Waals surface area contributed by atoms with Gasteiger partial charge in [0.25, 0.3) is 5.91 Å². The molecule has 2 amide bonds. The van der Waals surface area contributed by atoms with Gasteiger partial charge in [0.2, 0.25) is 12.0 Å². The summed E-state index contributed by atoms with van der Waals surface area (Å²) in [5.41, 5.74) is 6.98. The van der Waals surface area contributed by atoms with Crippen molar-refractivity contribution in [3.05, 3.63) is 65.2 Å². The Bertz CT molecular complexity index is 938. The molecular weight excluding hydrogens is 364 g/mol. The first-order valence-electron chi connectivity index (χ1n) is 8.55. The Morgan fingerprint density at radius 1 is 1.14 bits per heavy atom. The van der Waals surface area contributed by atoms with Crippen molar-refractivity contribution < 1.29 is 28.7 Å². The highest BCUT2D eigenvalue weighted by Gasteiger charge is 2.33. The van der Waals surface area contributed by atoms with Gasteiger partial charge >= 0.3 is 11.9 Å². The minimum Gasteiger partial charge on any atom is -0.450 e. The van der Waals surface area contributed by atoms with Gasteiger partial charge < -0.3 is 20.5 Å². The van der Waals surface area contributed by atoms with Crippen LogP contribution in [-0.4, -0.2) is 36.0 Å². The van der Waals surface area contributed by atoms with Crippen LogP contribution in [0.1, 0.15) is 33.2 Å². The molecule has 3 N–H and O–H groups in total. The van der Waals surface area contributed by atoms with Crippen molar-refractivity contribution in [3.8, 4) is 0 Å². The topological polar surface area (TPSA) is 125 Å². The Kier molecular flexibility index (Phi) is 5.39. The molecule has 0 aliphatic carbocycles. The second kappa shape index (κ2) is 7.91. The molecule has 1 aliphatic heterocycles. The number of nitrogens with one attached hydrogen (secondary N) is 1. The molecule has 0 spiro atoms. The van der Waals surface area contributed by atoms with Crippen LogP contribution < -0.4 is 11.1 Å². The van der Waals surface area contributed by atoms with E-state index in [-0.39, 0.29) is 6.42 Å². The van der Waals surface area contributed by atoms with Gasteiger partial charge in [0.15, 0.2) is 6.10 Å². The third kappa shape index (κ3) is 4.17. The van der Waals surface area contributed by atoms with Gasteiger partial charge in [-0.05, 0) is 42.8 Å². The SMILES string of the molecule is C[C@@H](OC(=O)[C@@H]1Cc2ccccc2C(=O)O1)C(=O)Nc1ccc(C(N)=O)cc1. The summed E-state index contributed by atoms with van der Waals surface area (Å²) in [4.78, 5) is 47.6. The zero-order chi connectivity index (χ0) is 20.3. The first-order chi connectivity index (χ1) is 13.3. The van der Waals surface area contributed by atoms with E-state index in [2.05, 4.69) is 5.32 Å². The van der Waals surface area contributed by atoms with Crippen molar-refractivity contribution in [1.29, 1.82) is 0 Å². The van der Waals surface area contributed by atoms with E-state index in [9.17, 15) is 19.2 Å². The molecule has 0 saturated heterocycles. The summed E-state index contributed by atoms with van der Waals surface area (Å²) >= 11 is 0. The fourth-order valence-electron chi connectivity index (χ4n) is 2.73. The molecule has 2 aromatic rings. The standard InChI is InChI=1S/C20H18N2O6/c1-11(18(24)22-14-8-6-12(7-9-14)17(21)23)27-20(26)16-10-13-4-2-3-5-15(13)19(25)28-16/h2-9,11,16H,10H2,1H3,(H2,21,23)(H,22,24)/t11-,16+/m1/s1. The Labute approximate surface area is 160 Å². The molecule has 144 valence electrons. The number of fused-ring (bicyclic) bond motifs is 1. The molecule has 0 fully saturated rings. The molecule has 0 unspecified atom stereocenters.